The molecule has 0 aromatic heterocycles. The van der Waals surface area contributed by atoms with Crippen LogP contribution in [-0.2, 0) is 10.0 Å². The number of aryl methyl sites for hydroxylation is 1. The van der Waals surface area contributed by atoms with Crippen LogP contribution in [0.3, 0.4) is 0 Å². The standard InChI is InChI=1S/C11H15ClN2O2S/c1-8-6-9(12)2-3-11(8)14-5-4-10(7-13)17(14,15)16/h2-3,6,10H,4-5,7,13H2,1H3. The fraction of sp³-hybridized carbons (Fsp3) is 0.455. The lowest BCUT2D eigenvalue weighted by Crippen LogP contribution is -2.33. The van der Waals surface area contributed by atoms with E-state index in [2.05, 4.69) is 0 Å². The molecule has 0 saturated carbocycles. The van der Waals surface area contributed by atoms with E-state index in [1.54, 1.807) is 18.2 Å². The Morgan fingerprint density at radius 3 is 2.76 bits per heavy atom. The first-order chi connectivity index (χ1) is 7.96. The van der Waals surface area contributed by atoms with Crippen molar-refractivity contribution in [2.45, 2.75) is 18.6 Å². The lowest BCUT2D eigenvalue weighted by atomic mass is 10.2. The molecule has 0 aliphatic carbocycles. The molecule has 1 heterocycles. The number of nitrogens with zero attached hydrogens (tertiary/aromatic N) is 1. The van der Waals surface area contributed by atoms with Crippen molar-refractivity contribution in [3.8, 4) is 0 Å². The fourth-order valence-corrected chi connectivity index (χ4v) is 4.18. The van der Waals surface area contributed by atoms with Crippen molar-refractivity contribution in [1.82, 2.24) is 0 Å². The maximum Gasteiger partial charge on any atom is 0.239 e. The Hall–Kier alpha value is -0.780. The molecule has 1 atom stereocenters. The number of sulfonamides is 1. The second-order valence-electron chi connectivity index (χ2n) is 4.19. The van der Waals surface area contributed by atoms with E-state index in [0.29, 0.717) is 23.7 Å². The third-order valence-electron chi connectivity index (χ3n) is 3.07. The highest BCUT2D eigenvalue weighted by Gasteiger charge is 2.38. The smallest absolute Gasteiger partial charge is 0.239 e. The largest absolute Gasteiger partial charge is 0.329 e. The van der Waals surface area contributed by atoms with Crippen LogP contribution in [-0.4, -0.2) is 26.8 Å². The second-order valence-corrected chi connectivity index (χ2v) is 6.77. The topological polar surface area (TPSA) is 63.4 Å². The van der Waals surface area contributed by atoms with Crippen molar-refractivity contribution in [3.05, 3.63) is 28.8 Å². The molecule has 2 N–H and O–H groups in total. The Bertz CT molecular complexity index is 530. The molecule has 6 heteroatoms. The van der Waals surface area contributed by atoms with Crippen LogP contribution in [0.4, 0.5) is 5.69 Å². The average molecular weight is 275 g/mol. The van der Waals surface area contributed by atoms with Gasteiger partial charge in [0.1, 0.15) is 0 Å². The van der Waals surface area contributed by atoms with Gasteiger partial charge < -0.3 is 5.73 Å². The summed E-state index contributed by atoms with van der Waals surface area (Å²) in [5, 5.41) is 0.149. The van der Waals surface area contributed by atoms with Gasteiger partial charge in [0.25, 0.3) is 0 Å². The number of rotatable bonds is 2. The molecule has 1 aliphatic heterocycles. The van der Waals surface area contributed by atoms with Gasteiger partial charge in [0.15, 0.2) is 0 Å². The molecule has 1 aromatic carbocycles. The van der Waals surface area contributed by atoms with Crippen molar-refractivity contribution in [2.75, 3.05) is 17.4 Å². The third-order valence-corrected chi connectivity index (χ3v) is 5.57. The third kappa shape index (κ3) is 2.14. The Balaban J connectivity index is 2.42. The first-order valence-corrected chi connectivity index (χ1v) is 7.32. The van der Waals surface area contributed by atoms with Gasteiger partial charge in [-0.05, 0) is 37.1 Å². The van der Waals surface area contributed by atoms with Gasteiger partial charge in [-0.15, -0.1) is 0 Å². The van der Waals surface area contributed by atoms with Crippen LogP contribution in [0, 0.1) is 6.92 Å². The Labute approximate surface area is 106 Å². The van der Waals surface area contributed by atoms with E-state index in [4.69, 9.17) is 17.3 Å². The van der Waals surface area contributed by atoms with Crippen molar-refractivity contribution < 1.29 is 8.42 Å². The predicted octanol–water partition coefficient (Wildman–Crippen LogP) is 1.52. The van der Waals surface area contributed by atoms with Gasteiger partial charge in [0, 0.05) is 18.1 Å². The predicted molar refractivity (Wildman–Crippen MR) is 69.9 cm³/mol. The normalized spacial score (nSPS) is 23.0. The van der Waals surface area contributed by atoms with Crippen molar-refractivity contribution in [1.29, 1.82) is 0 Å². The van der Waals surface area contributed by atoms with Gasteiger partial charge in [-0.25, -0.2) is 8.42 Å². The monoisotopic (exact) mass is 274 g/mol. The first kappa shape index (κ1) is 12.7. The van der Waals surface area contributed by atoms with Crippen LogP contribution in [0.1, 0.15) is 12.0 Å². The molecule has 0 spiro atoms. The van der Waals surface area contributed by atoms with Crippen LogP contribution < -0.4 is 10.0 Å². The molecule has 0 bridgehead atoms. The molecule has 0 amide bonds. The summed E-state index contributed by atoms with van der Waals surface area (Å²) < 4.78 is 25.8. The van der Waals surface area contributed by atoms with E-state index in [0.717, 1.165) is 5.56 Å². The van der Waals surface area contributed by atoms with Gasteiger partial charge in [-0.3, -0.25) is 4.31 Å². The van der Waals surface area contributed by atoms with Crippen LogP contribution in [0.2, 0.25) is 5.02 Å². The number of halogens is 1. The lowest BCUT2D eigenvalue weighted by molar-refractivity contribution is 0.588. The Morgan fingerprint density at radius 1 is 1.53 bits per heavy atom. The van der Waals surface area contributed by atoms with Crippen molar-refractivity contribution in [2.24, 2.45) is 5.73 Å². The zero-order valence-corrected chi connectivity index (χ0v) is 11.1. The highest BCUT2D eigenvalue weighted by atomic mass is 35.5. The summed E-state index contributed by atoms with van der Waals surface area (Å²) in [5.41, 5.74) is 7.04. The molecule has 2 rings (SSSR count). The molecule has 0 radical (unpaired) electrons. The zero-order valence-electron chi connectivity index (χ0n) is 9.56. The molecule has 1 fully saturated rings. The van der Waals surface area contributed by atoms with E-state index >= 15 is 0 Å². The number of benzene rings is 1. The van der Waals surface area contributed by atoms with Gasteiger partial charge in [0.2, 0.25) is 10.0 Å². The van der Waals surface area contributed by atoms with Crippen LogP contribution in [0.5, 0.6) is 0 Å². The van der Waals surface area contributed by atoms with Gasteiger partial charge in [0.05, 0.1) is 10.9 Å². The summed E-state index contributed by atoms with van der Waals surface area (Å²) in [6, 6.07) is 5.21. The van der Waals surface area contributed by atoms with Gasteiger partial charge in [-0.1, -0.05) is 11.6 Å². The minimum Gasteiger partial charge on any atom is -0.329 e. The van der Waals surface area contributed by atoms with E-state index in [-0.39, 0.29) is 6.54 Å². The van der Waals surface area contributed by atoms with E-state index in [9.17, 15) is 8.42 Å². The Kier molecular flexibility index (Phi) is 3.34. The first-order valence-electron chi connectivity index (χ1n) is 5.44. The van der Waals surface area contributed by atoms with Gasteiger partial charge in [-0.2, -0.15) is 0 Å². The summed E-state index contributed by atoms with van der Waals surface area (Å²) in [5.74, 6) is 0. The number of hydrogen-bond donors (Lipinski definition) is 1. The highest BCUT2D eigenvalue weighted by Crippen LogP contribution is 2.31. The fourth-order valence-electron chi connectivity index (χ4n) is 2.11. The van der Waals surface area contributed by atoms with Gasteiger partial charge >= 0.3 is 0 Å². The number of hydrogen-bond acceptors (Lipinski definition) is 3. The SMILES string of the molecule is Cc1cc(Cl)ccc1N1CCC(CN)S1(=O)=O. The molecule has 1 aliphatic rings. The summed E-state index contributed by atoms with van der Waals surface area (Å²) in [6.07, 6.45) is 0.584. The quantitative estimate of drug-likeness (QED) is 0.889. The zero-order chi connectivity index (χ0) is 12.6. The summed E-state index contributed by atoms with van der Waals surface area (Å²) >= 11 is 5.86. The number of anilines is 1. The average Bonchev–Trinajstić information content (AvgIpc) is 2.54. The molecule has 17 heavy (non-hydrogen) atoms. The second kappa shape index (κ2) is 4.48. The molecule has 1 saturated heterocycles. The highest BCUT2D eigenvalue weighted by molar-refractivity contribution is 7.93. The molecule has 1 unspecified atom stereocenters. The van der Waals surface area contributed by atoms with E-state index in [1.165, 1.54) is 4.31 Å². The maximum atomic E-state index is 12.2. The van der Waals surface area contributed by atoms with Crippen molar-refractivity contribution in [3.63, 3.8) is 0 Å². The molecular formula is C11H15ClN2O2S. The minimum absolute atomic E-state index is 0.172. The molecular weight excluding hydrogens is 260 g/mol. The number of nitrogens with two attached hydrogens (primary N) is 1. The molecule has 1 aromatic rings. The van der Waals surface area contributed by atoms with Crippen LogP contribution >= 0.6 is 11.6 Å². The maximum absolute atomic E-state index is 12.2. The van der Waals surface area contributed by atoms with Crippen LogP contribution in [0.25, 0.3) is 0 Å². The van der Waals surface area contributed by atoms with Crippen molar-refractivity contribution >= 4 is 27.3 Å². The lowest BCUT2D eigenvalue weighted by Gasteiger charge is -2.20. The Morgan fingerprint density at radius 2 is 2.24 bits per heavy atom. The molecule has 4 nitrogen and oxygen atoms in total. The summed E-state index contributed by atoms with van der Waals surface area (Å²) in [7, 11) is -3.30. The van der Waals surface area contributed by atoms with Crippen LogP contribution in [0.15, 0.2) is 18.2 Å². The summed E-state index contributed by atoms with van der Waals surface area (Å²) in [6.45, 7) is 2.52. The van der Waals surface area contributed by atoms with E-state index in [1.807, 2.05) is 6.92 Å². The summed E-state index contributed by atoms with van der Waals surface area (Å²) in [4.78, 5) is 0. The van der Waals surface area contributed by atoms with E-state index < -0.39 is 15.3 Å². The molecule has 94 valence electrons. The minimum atomic E-state index is -3.30.